The zero-order valence-corrected chi connectivity index (χ0v) is 10.7. The summed E-state index contributed by atoms with van der Waals surface area (Å²) in [6.45, 7) is 2.01. The number of aryl methyl sites for hydroxylation is 1. The normalized spacial score (nSPS) is 18.9. The Morgan fingerprint density at radius 2 is 2.38 bits per heavy atom. The molecule has 88 valence electrons. The van der Waals surface area contributed by atoms with Gasteiger partial charge in [0.25, 0.3) is 0 Å². The van der Waals surface area contributed by atoms with E-state index in [2.05, 4.69) is 10.6 Å². The van der Waals surface area contributed by atoms with Gasteiger partial charge in [-0.2, -0.15) is 0 Å². The number of amides is 1. The quantitative estimate of drug-likeness (QED) is 0.853. The predicted molar refractivity (Wildman–Crippen MR) is 71.3 cm³/mol. The summed E-state index contributed by atoms with van der Waals surface area (Å²) in [5.74, 6) is 1.79. The van der Waals surface area contributed by atoms with Crippen molar-refractivity contribution in [3.8, 4) is 0 Å². The molecule has 1 unspecified atom stereocenters. The first-order valence-corrected chi connectivity index (χ1v) is 6.10. The molecule has 1 aliphatic rings. The third kappa shape index (κ3) is 3.40. The molecule has 5 heteroatoms. The average Bonchev–Trinajstić information content (AvgIpc) is 2.70. The summed E-state index contributed by atoms with van der Waals surface area (Å²) in [6, 6.07) is 7.80. The Morgan fingerprint density at radius 3 is 3.00 bits per heavy atom. The first-order chi connectivity index (χ1) is 7.25. The number of rotatable bonds is 2. The molecule has 16 heavy (non-hydrogen) atoms. The topological polar surface area (TPSA) is 41.1 Å². The van der Waals surface area contributed by atoms with Crippen LogP contribution in [0.4, 0.5) is 5.69 Å². The maximum Gasteiger partial charge on any atom is 0.242 e. The van der Waals surface area contributed by atoms with Gasteiger partial charge in [-0.25, -0.2) is 0 Å². The number of carbonyl (C=O) groups is 1. The molecule has 1 aliphatic heterocycles. The summed E-state index contributed by atoms with van der Waals surface area (Å²) in [4.78, 5) is 11.7. The largest absolute Gasteiger partial charge is 0.325 e. The summed E-state index contributed by atoms with van der Waals surface area (Å²) < 4.78 is 0. The van der Waals surface area contributed by atoms with E-state index >= 15 is 0 Å². The van der Waals surface area contributed by atoms with Gasteiger partial charge in [-0.1, -0.05) is 12.1 Å². The SMILES string of the molecule is Cc1cccc(NC(=O)C2CSCN2)c1.Cl. The molecule has 2 rings (SSSR count). The fourth-order valence-corrected chi connectivity index (χ4v) is 2.46. The predicted octanol–water partition coefficient (Wildman–Crippen LogP) is 2.02. The third-order valence-corrected chi connectivity index (χ3v) is 3.26. The molecule has 1 atom stereocenters. The highest BCUT2D eigenvalue weighted by Crippen LogP contribution is 2.13. The molecule has 0 aromatic heterocycles. The van der Waals surface area contributed by atoms with Crippen molar-refractivity contribution < 1.29 is 4.79 Å². The molecule has 2 N–H and O–H groups in total. The lowest BCUT2D eigenvalue weighted by molar-refractivity contribution is -0.117. The van der Waals surface area contributed by atoms with Crippen molar-refractivity contribution in [2.24, 2.45) is 0 Å². The summed E-state index contributed by atoms with van der Waals surface area (Å²) in [5.41, 5.74) is 2.03. The Kier molecular flexibility index (Phi) is 5.12. The molecule has 1 aromatic rings. The number of benzene rings is 1. The van der Waals surface area contributed by atoms with Gasteiger partial charge in [0.2, 0.25) is 5.91 Å². The van der Waals surface area contributed by atoms with Crippen LogP contribution in [0.1, 0.15) is 5.56 Å². The van der Waals surface area contributed by atoms with Gasteiger partial charge in [0.05, 0.1) is 6.04 Å². The van der Waals surface area contributed by atoms with E-state index in [1.54, 1.807) is 11.8 Å². The van der Waals surface area contributed by atoms with Crippen molar-refractivity contribution in [1.29, 1.82) is 0 Å². The van der Waals surface area contributed by atoms with Gasteiger partial charge in [0, 0.05) is 17.3 Å². The van der Waals surface area contributed by atoms with Gasteiger partial charge in [-0.15, -0.1) is 24.2 Å². The van der Waals surface area contributed by atoms with Crippen LogP contribution in [0, 0.1) is 6.92 Å². The molecule has 1 heterocycles. The number of nitrogens with one attached hydrogen (secondary N) is 2. The van der Waals surface area contributed by atoms with Crippen molar-refractivity contribution in [2.45, 2.75) is 13.0 Å². The van der Waals surface area contributed by atoms with Crippen LogP contribution in [0.5, 0.6) is 0 Å². The smallest absolute Gasteiger partial charge is 0.242 e. The second kappa shape index (κ2) is 6.13. The highest BCUT2D eigenvalue weighted by Gasteiger charge is 2.22. The highest BCUT2D eigenvalue weighted by molar-refractivity contribution is 7.99. The maximum atomic E-state index is 11.7. The maximum absolute atomic E-state index is 11.7. The van der Waals surface area contributed by atoms with Crippen molar-refractivity contribution in [3.05, 3.63) is 29.8 Å². The van der Waals surface area contributed by atoms with E-state index in [1.807, 2.05) is 31.2 Å². The first-order valence-electron chi connectivity index (χ1n) is 4.94. The third-order valence-electron chi connectivity index (χ3n) is 2.32. The van der Waals surface area contributed by atoms with Gasteiger partial charge < -0.3 is 5.32 Å². The molecule has 1 saturated heterocycles. The van der Waals surface area contributed by atoms with E-state index in [0.717, 1.165) is 22.9 Å². The molecule has 0 bridgehead atoms. The average molecular weight is 259 g/mol. The van der Waals surface area contributed by atoms with Crippen molar-refractivity contribution in [1.82, 2.24) is 5.32 Å². The van der Waals surface area contributed by atoms with Gasteiger partial charge in [0.15, 0.2) is 0 Å². The first kappa shape index (κ1) is 13.4. The van der Waals surface area contributed by atoms with Gasteiger partial charge >= 0.3 is 0 Å². The van der Waals surface area contributed by atoms with Gasteiger partial charge in [-0.05, 0) is 24.6 Å². The van der Waals surface area contributed by atoms with E-state index in [9.17, 15) is 4.79 Å². The highest BCUT2D eigenvalue weighted by atomic mass is 35.5. The number of carbonyl (C=O) groups excluding carboxylic acids is 1. The fourth-order valence-electron chi connectivity index (χ4n) is 1.52. The monoisotopic (exact) mass is 258 g/mol. The molecule has 0 spiro atoms. The van der Waals surface area contributed by atoms with Gasteiger partial charge in [0.1, 0.15) is 0 Å². The molecule has 1 aromatic carbocycles. The van der Waals surface area contributed by atoms with Crippen LogP contribution in [0.25, 0.3) is 0 Å². The van der Waals surface area contributed by atoms with E-state index in [0.29, 0.717) is 0 Å². The molecular weight excluding hydrogens is 244 g/mol. The number of hydrogen-bond acceptors (Lipinski definition) is 3. The Morgan fingerprint density at radius 1 is 1.56 bits per heavy atom. The number of hydrogen-bond donors (Lipinski definition) is 2. The molecule has 0 radical (unpaired) electrons. The Labute approximate surface area is 106 Å². The van der Waals surface area contributed by atoms with Crippen LogP contribution in [0.15, 0.2) is 24.3 Å². The van der Waals surface area contributed by atoms with Gasteiger partial charge in [-0.3, -0.25) is 10.1 Å². The summed E-state index contributed by atoms with van der Waals surface area (Å²) in [5, 5.41) is 6.05. The van der Waals surface area contributed by atoms with E-state index < -0.39 is 0 Å². The molecular formula is C11H15ClN2OS. The standard InChI is InChI=1S/C11H14N2OS.ClH/c1-8-3-2-4-9(5-8)13-11(14)10-6-15-7-12-10;/h2-5,10,12H,6-7H2,1H3,(H,13,14);1H. The van der Waals surface area contributed by atoms with Crippen LogP contribution < -0.4 is 10.6 Å². The minimum absolute atomic E-state index is 0. The van der Waals surface area contributed by atoms with E-state index in [1.165, 1.54) is 0 Å². The van der Waals surface area contributed by atoms with Crippen LogP contribution in [-0.4, -0.2) is 23.6 Å². The lowest BCUT2D eigenvalue weighted by atomic mass is 10.2. The van der Waals surface area contributed by atoms with Crippen molar-refractivity contribution in [2.75, 3.05) is 16.9 Å². The second-order valence-electron chi connectivity index (χ2n) is 3.63. The van der Waals surface area contributed by atoms with Crippen LogP contribution in [0.2, 0.25) is 0 Å². The molecule has 1 amide bonds. The lowest BCUT2D eigenvalue weighted by Crippen LogP contribution is -2.37. The Bertz CT molecular complexity index is 367. The lowest BCUT2D eigenvalue weighted by Gasteiger charge is -2.10. The zero-order chi connectivity index (χ0) is 10.7. The van der Waals surface area contributed by atoms with E-state index in [-0.39, 0.29) is 24.4 Å². The Hall–Kier alpha value is -0.710. The van der Waals surface area contributed by atoms with Crippen LogP contribution >= 0.6 is 24.2 Å². The van der Waals surface area contributed by atoms with Crippen molar-refractivity contribution >= 4 is 35.8 Å². The molecule has 0 aliphatic carbocycles. The fraction of sp³-hybridized carbons (Fsp3) is 0.364. The zero-order valence-electron chi connectivity index (χ0n) is 9.03. The minimum atomic E-state index is -0.0458. The van der Waals surface area contributed by atoms with Crippen LogP contribution in [-0.2, 0) is 4.79 Å². The summed E-state index contributed by atoms with van der Waals surface area (Å²) >= 11 is 1.75. The summed E-state index contributed by atoms with van der Waals surface area (Å²) in [6.07, 6.45) is 0. The minimum Gasteiger partial charge on any atom is -0.325 e. The second-order valence-corrected chi connectivity index (χ2v) is 4.66. The Balaban J connectivity index is 0.00000128. The number of halogens is 1. The van der Waals surface area contributed by atoms with Crippen LogP contribution in [0.3, 0.4) is 0 Å². The van der Waals surface area contributed by atoms with Crippen molar-refractivity contribution in [3.63, 3.8) is 0 Å². The molecule has 3 nitrogen and oxygen atoms in total. The van der Waals surface area contributed by atoms with E-state index in [4.69, 9.17) is 0 Å². The molecule has 1 fully saturated rings. The number of anilines is 1. The number of thioether (sulfide) groups is 1. The molecule has 0 saturated carbocycles. The summed E-state index contributed by atoms with van der Waals surface area (Å²) in [7, 11) is 0.